The fourth-order valence-electron chi connectivity index (χ4n) is 2.72. The zero-order valence-electron chi connectivity index (χ0n) is 12.1. The van der Waals surface area contributed by atoms with E-state index in [1.54, 1.807) is 17.1 Å². The minimum atomic E-state index is 0.353. The third-order valence-corrected chi connectivity index (χ3v) is 3.81. The van der Waals surface area contributed by atoms with Crippen molar-refractivity contribution in [2.75, 3.05) is 16.9 Å². The minimum Gasteiger partial charge on any atom is -0.338 e. The Morgan fingerprint density at radius 1 is 1.29 bits per heavy atom. The highest BCUT2D eigenvalue weighted by molar-refractivity contribution is 5.40. The molecule has 3 heterocycles. The molecule has 1 atom stereocenters. The molecule has 2 aromatic rings. The molecule has 8 nitrogen and oxygen atoms in total. The average molecular weight is 288 g/mol. The Kier molecular flexibility index (Phi) is 3.96. The van der Waals surface area contributed by atoms with E-state index in [1.807, 2.05) is 6.07 Å². The summed E-state index contributed by atoms with van der Waals surface area (Å²) in [6.07, 6.45) is 8.15. The van der Waals surface area contributed by atoms with Crippen molar-refractivity contribution >= 4 is 11.9 Å². The Morgan fingerprint density at radius 3 is 2.86 bits per heavy atom. The van der Waals surface area contributed by atoms with Crippen LogP contribution in [0.15, 0.2) is 18.5 Å². The zero-order valence-corrected chi connectivity index (χ0v) is 12.1. The van der Waals surface area contributed by atoms with Crippen molar-refractivity contribution in [1.82, 2.24) is 24.7 Å². The summed E-state index contributed by atoms with van der Waals surface area (Å²) in [5.74, 6) is 6.97. The van der Waals surface area contributed by atoms with Crippen molar-refractivity contribution in [3.63, 3.8) is 0 Å². The van der Waals surface area contributed by atoms with E-state index < -0.39 is 0 Å². The molecule has 1 saturated heterocycles. The van der Waals surface area contributed by atoms with Crippen LogP contribution in [-0.4, -0.2) is 37.3 Å². The second-order valence-electron chi connectivity index (χ2n) is 5.11. The van der Waals surface area contributed by atoms with Gasteiger partial charge in [-0.2, -0.15) is 20.1 Å². The van der Waals surface area contributed by atoms with Gasteiger partial charge in [-0.05, 0) is 31.7 Å². The van der Waals surface area contributed by atoms with Crippen LogP contribution in [0.2, 0.25) is 0 Å². The fraction of sp³-hybridized carbons (Fsp3) is 0.538. The van der Waals surface area contributed by atoms with E-state index in [4.69, 9.17) is 5.84 Å². The van der Waals surface area contributed by atoms with Crippen LogP contribution in [-0.2, 0) is 0 Å². The van der Waals surface area contributed by atoms with Gasteiger partial charge in [-0.3, -0.25) is 5.43 Å². The number of rotatable bonds is 4. The second-order valence-corrected chi connectivity index (χ2v) is 5.11. The monoisotopic (exact) mass is 288 g/mol. The number of nitrogens with one attached hydrogen (secondary N) is 1. The van der Waals surface area contributed by atoms with Gasteiger partial charge in [0.1, 0.15) is 0 Å². The summed E-state index contributed by atoms with van der Waals surface area (Å²) >= 11 is 0. The van der Waals surface area contributed by atoms with Crippen molar-refractivity contribution in [2.45, 2.75) is 38.6 Å². The second kappa shape index (κ2) is 6.04. The van der Waals surface area contributed by atoms with Gasteiger partial charge in [-0.25, -0.2) is 10.5 Å². The number of anilines is 2. The van der Waals surface area contributed by atoms with E-state index in [2.05, 4.69) is 37.3 Å². The lowest BCUT2D eigenvalue weighted by atomic mass is 10.0. The van der Waals surface area contributed by atoms with Gasteiger partial charge in [0, 0.05) is 25.0 Å². The molecule has 1 fully saturated rings. The van der Waals surface area contributed by atoms with Gasteiger partial charge in [0.2, 0.25) is 11.9 Å². The predicted octanol–water partition coefficient (Wildman–Crippen LogP) is 1.11. The zero-order chi connectivity index (χ0) is 14.7. The maximum Gasteiger partial charge on any atom is 0.257 e. The van der Waals surface area contributed by atoms with Crippen LogP contribution in [0.1, 0.15) is 32.6 Å². The summed E-state index contributed by atoms with van der Waals surface area (Å²) in [4.78, 5) is 15.5. The predicted molar refractivity (Wildman–Crippen MR) is 80.0 cm³/mol. The summed E-state index contributed by atoms with van der Waals surface area (Å²) in [6.45, 7) is 3.16. The van der Waals surface area contributed by atoms with Crippen molar-refractivity contribution in [3.05, 3.63) is 18.5 Å². The molecular weight excluding hydrogens is 268 g/mol. The lowest BCUT2D eigenvalue weighted by molar-refractivity contribution is 0.442. The van der Waals surface area contributed by atoms with Crippen LogP contribution in [0.25, 0.3) is 5.95 Å². The summed E-state index contributed by atoms with van der Waals surface area (Å²) in [5, 5.41) is 4.16. The largest absolute Gasteiger partial charge is 0.338 e. The maximum absolute atomic E-state index is 5.49. The average Bonchev–Trinajstić information content (AvgIpc) is 3.09. The molecule has 8 heteroatoms. The Labute approximate surface area is 123 Å². The highest BCUT2D eigenvalue weighted by Crippen LogP contribution is 2.24. The lowest BCUT2D eigenvalue weighted by Crippen LogP contribution is -2.40. The normalized spacial score (nSPS) is 18.8. The van der Waals surface area contributed by atoms with Gasteiger partial charge in [-0.15, -0.1) is 0 Å². The van der Waals surface area contributed by atoms with Crippen LogP contribution >= 0.6 is 0 Å². The molecule has 1 aliphatic rings. The number of nitrogens with zero attached hydrogens (tertiary/aromatic N) is 6. The lowest BCUT2D eigenvalue weighted by Gasteiger charge is -2.35. The summed E-state index contributed by atoms with van der Waals surface area (Å²) in [7, 11) is 0. The van der Waals surface area contributed by atoms with Gasteiger partial charge in [0.05, 0.1) is 0 Å². The third-order valence-electron chi connectivity index (χ3n) is 3.81. The topological polar surface area (TPSA) is 97.8 Å². The van der Waals surface area contributed by atoms with E-state index in [0.717, 1.165) is 19.4 Å². The summed E-state index contributed by atoms with van der Waals surface area (Å²) in [5.41, 5.74) is 2.51. The molecular formula is C13H20N8. The molecule has 0 saturated carbocycles. The minimum absolute atomic E-state index is 0.353. The number of nitrogens with two attached hydrogens (primary N) is 1. The molecule has 0 bridgehead atoms. The van der Waals surface area contributed by atoms with Gasteiger partial charge >= 0.3 is 0 Å². The first-order valence-electron chi connectivity index (χ1n) is 7.31. The number of hydrazine groups is 1. The molecule has 21 heavy (non-hydrogen) atoms. The number of aromatic nitrogens is 5. The summed E-state index contributed by atoms with van der Waals surface area (Å²) < 4.78 is 1.61. The van der Waals surface area contributed by atoms with Gasteiger partial charge in [0.15, 0.2) is 0 Å². The van der Waals surface area contributed by atoms with E-state index in [1.165, 1.54) is 12.8 Å². The molecule has 1 unspecified atom stereocenters. The third kappa shape index (κ3) is 2.80. The van der Waals surface area contributed by atoms with Crippen LogP contribution in [0.4, 0.5) is 11.9 Å². The first-order valence-corrected chi connectivity index (χ1v) is 7.31. The Bertz CT molecular complexity index is 582. The standard InChI is InChI=1S/C13H20N8/c1-2-10-6-3-4-8-20(10)12-16-11(19-14)17-13(18-12)21-9-5-7-15-21/h5,7,9-10H,2-4,6,8,14H2,1H3,(H,16,17,18,19). The van der Waals surface area contributed by atoms with Crippen molar-refractivity contribution in [2.24, 2.45) is 5.84 Å². The van der Waals surface area contributed by atoms with Gasteiger partial charge in [0.25, 0.3) is 5.95 Å². The number of hydrogen-bond donors (Lipinski definition) is 2. The van der Waals surface area contributed by atoms with Crippen LogP contribution in [0, 0.1) is 0 Å². The molecule has 1 aliphatic heterocycles. The van der Waals surface area contributed by atoms with Crippen LogP contribution < -0.4 is 16.2 Å². The molecule has 0 aromatic carbocycles. The molecule has 0 aliphatic carbocycles. The quantitative estimate of drug-likeness (QED) is 0.642. The van der Waals surface area contributed by atoms with Crippen molar-refractivity contribution in [3.8, 4) is 5.95 Å². The smallest absolute Gasteiger partial charge is 0.257 e. The van der Waals surface area contributed by atoms with Gasteiger partial charge < -0.3 is 4.90 Å². The van der Waals surface area contributed by atoms with Crippen molar-refractivity contribution in [1.29, 1.82) is 0 Å². The Hall–Kier alpha value is -2.22. The first kappa shape index (κ1) is 13.7. The Balaban J connectivity index is 1.99. The highest BCUT2D eigenvalue weighted by atomic mass is 15.4. The molecule has 112 valence electrons. The molecule has 3 rings (SSSR count). The van der Waals surface area contributed by atoms with E-state index in [0.29, 0.717) is 23.9 Å². The SMILES string of the molecule is CCC1CCCCN1c1nc(NN)nc(-n2cccn2)n1. The van der Waals surface area contributed by atoms with Gasteiger partial charge in [-0.1, -0.05) is 6.92 Å². The highest BCUT2D eigenvalue weighted by Gasteiger charge is 2.24. The van der Waals surface area contributed by atoms with E-state index in [-0.39, 0.29) is 0 Å². The van der Waals surface area contributed by atoms with Crippen LogP contribution in [0.3, 0.4) is 0 Å². The number of nitrogen functional groups attached to an aromatic ring is 1. The first-order chi connectivity index (χ1) is 10.3. The maximum atomic E-state index is 5.49. The summed E-state index contributed by atoms with van der Waals surface area (Å²) in [6, 6.07) is 2.30. The van der Waals surface area contributed by atoms with Crippen LogP contribution in [0.5, 0.6) is 0 Å². The molecule has 2 aromatic heterocycles. The molecule has 0 spiro atoms. The Morgan fingerprint density at radius 2 is 2.14 bits per heavy atom. The molecule has 0 radical (unpaired) electrons. The number of piperidine rings is 1. The fourth-order valence-corrected chi connectivity index (χ4v) is 2.72. The van der Waals surface area contributed by atoms with E-state index in [9.17, 15) is 0 Å². The molecule has 3 N–H and O–H groups in total. The molecule has 0 amide bonds. The van der Waals surface area contributed by atoms with E-state index >= 15 is 0 Å². The van der Waals surface area contributed by atoms with Crippen molar-refractivity contribution < 1.29 is 0 Å². The number of hydrogen-bond acceptors (Lipinski definition) is 7.